The van der Waals surface area contributed by atoms with Crippen molar-refractivity contribution in [2.45, 2.75) is 43.2 Å². The van der Waals surface area contributed by atoms with Gasteiger partial charge in [-0.3, -0.25) is 0 Å². The van der Waals surface area contributed by atoms with Gasteiger partial charge in [-0.1, -0.05) is 12.8 Å². The van der Waals surface area contributed by atoms with E-state index in [2.05, 4.69) is 9.71 Å². The van der Waals surface area contributed by atoms with Gasteiger partial charge in [0.1, 0.15) is 5.82 Å². The van der Waals surface area contributed by atoms with E-state index in [9.17, 15) is 13.5 Å². The maximum atomic E-state index is 12.2. The number of sulfonamides is 1. The van der Waals surface area contributed by atoms with E-state index in [0.717, 1.165) is 12.8 Å². The molecular formula is C11H19N3O3S. The summed E-state index contributed by atoms with van der Waals surface area (Å²) >= 11 is 0. The Labute approximate surface area is 107 Å². The van der Waals surface area contributed by atoms with E-state index in [1.54, 1.807) is 18.5 Å². The molecule has 0 spiro atoms. The number of hydrogen-bond donors (Lipinski definition) is 2. The molecular weight excluding hydrogens is 254 g/mol. The standard InChI is InChI=1S/C11H19N3O3S/c1-9-12-10(7-14(9)2)18(16,17)13-11(8-15)5-3-4-6-11/h7,13,15H,3-6,8H2,1-2H3. The number of hydrogen-bond acceptors (Lipinski definition) is 4. The molecule has 18 heavy (non-hydrogen) atoms. The maximum Gasteiger partial charge on any atom is 0.260 e. The first kappa shape index (κ1) is 13.5. The molecule has 102 valence electrons. The van der Waals surface area contributed by atoms with Gasteiger partial charge in [-0.05, 0) is 19.8 Å². The lowest BCUT2D eigenvalue weighted by Crippen LogP contribution is -2.49. The third kappa shape index (κ3) is 2.43. The lowest BCUT2D eigenvalue weighted by molar-refractivity contribution is 0.185. The quantitative estimate of drug-likeness (QED) is 0.827. The SMILES string of the molecule is Cc1nc(S(=O)(=O)NC2(CO)CCCC2)cn1C. The van der Waals surface area contributed by atoms with Crippen LogP contribution in [0.3, 0.4) is 0 Å². The number of aromatic nitrogens is 2. The summed E-state index contributed by atoms with van der Waals surface area (Å²) in [6.45, 7) is 1.58. The molecule has 6 nitrogen and oxygen atoms in total. The van der Waals surface area contributed by atoms with E-state index in [4.69, 9.17) is 0 Å². The molecule has 0 amide bonds. The Morgan fingerprint density at radius 1 is 1.50 bits per heavy atom. The molecule has 1 aromatic heterocycles. The van der Waals surface area contributed by atoms with Gasteiger partial charge in [-0.15, -0.1) is 0 Å². The minimum atomic E-state index is -3.66. The Bertz CT molecular complexity index is 510. The molecule has 0 bridgehead atoms. The largest absolute Gasteiger partial charge is 0.394 e. The Kier molecular flexibility index (Phi) is 3.48. The average Bonchev–Trinajstić information content (AvgIpc) is 2.88. The van der Waals surface area contributed by atoms with Gasteiger partial charge in [0, 0.05) is 13.2 Å². The van der Waals surface area contributed by atoms with Crippen LogP contribution in [0.25, 0.3) is 0 Å². The molecule has 0 unspecified atom stereocenters. The van der Waals surface area contributed by atoms with Crippen LogP contribution in [0.1, 0.15) is 31.5 Å². The fourth-order valence-corrected chi connectivity index (χ4v) is 3.83. The van der Waals surface area contributed by atoms with Crippen LogP contribution in [0.4, 0.5) is 0 Å². The fourth-order valence-electron chi connectivity index (χ4n) is 2.34. The first-order valence-electron chi connectivity index (χ1n) is 6.03. The number of aliphatic hydroxyl groups is 1. The molecule has 0 atom stereocenters. The molecule has 1 aliphatic rings. The second-order valence-electron chi connectivity index (χ2n) is 4.99. The van der Waals surface area contributed by atoms with Crippen molar-refractivity contribution in [1.29, 1.82) is 0 Å². The highest BCUT2D eigenvalue weighted by molar-refractivity contribution is 7.89. The van der Waals surface area contributed by atoms with Gasteiger partial charge in [-0.25, -0.2) is 18.1 Å². The van der Waals surface area contributed by atoms with Gasteiger partial charge in [0.25, 0.3) is 10.0 Å². The van der Waals surface area contributed by atoms with E-state index in [1.165, 1.54) is 6.20 Å². The van der Waals surface area contributed by atoms with Gasteiger partial charge in [0.15, 0.2) is 5.03 Å². The second-order valence-corrected chi connectivity index (χ2v) is 6.62. The van der Waals surface area contributed by atoms with Crippen LogP contribution in [0.5, 0.6) is 0 Å². The summed E-state index contributed by atoms with van der Waals surface area (Å²) < 4.78 is 28.7. The zero-order valence-corrected chi connectivity index (χ0v) is 11.5. The van der Waals surface area contributed by atoms with Gasteiger partial charge < -0.3 is 9.67 Å². The molecule has 7 heteroatoms. The summed E-state index contributed by atoms with van der Waals surface area (Å²) in [5, 5.41) is 9.45. The van der Waals surface area contributed by atoms with Crippen LogP contribution in [0, 0.1) is 6.92 Å². The summed E-state index contributed by atoms with van der Waals surface area (Å²) in [4.78, 5) is 4.02. The van der Waals surface area contributed by atoms with Crippen LogP contribution in [0.15, 0.2) is 11.2 Å². The number of aliphatic hydroxyl groups excluding tert-OH is 1. The molecule has 1 aliphatic carbocycles. The van der Waals surface area contributed by atoms with Gasteiger partial charge in [0.05, 0.1) is 12.1 Å². The van der Waals surface area contributed by atoms with Crippen LogP contribution in [-0.2, 0) is 17.1 Å². The molecule has 2 N–H and O–H groups in total. The zero-order chi connectivity index (χ0) is 13.4. The third-order valence-corrected chi connectivity index (χ3v) is 5.03. The van der Waals surface area contributed by atoms with Crippen molar-refractivity contribution in [3.63, 3.8) is 0 Å². The Hall–Kier alpha value is -0.920. The Morgan fingerprint density at radius 2 is 2.11 bits per heavy atom. The van der Waals surface area contributed by atoms with Crippen LogP contribution >= 0.6 is 0 Å². The monoisotopic (exact) mass is 273 g/mol. The van der Waals surface area contributed by atoms with Gasteiger partial charge in [0.2, 0.25) is 0 Å². The molecule has 2 rings (SSSR count). The minimum Gasteiger partial charge on any atom is -0.394 e. The highest BCUT2D eigenvalue weighted by Crippen LogP contribution is 2.30. The van der Waals surface area contributed by atoms with Gasteiger partial charge >= 0.3 is 0 Å². The fraction of sp³-hybridized carbons (Fsp3) is 0.727. The zero-order valence-electron chi connectivity index (χ0n) is 10.7. The number of nitrogens with one attached hydrogen (secondary N) is 1. The van der Waals surface area contributed by atoms with E-state index in [-0.39, 0.29) is 11.6 Å². The topological polar surface area (TPSA) is 84.2 Å². The van der Waals surface area contributed by atoms with Gasteiger partial charge in [-0.2, -0.15) is 0 Å². The lowest BCUT2D eigenvalue weighted by Gasteiger charge is -2.26. The van der Waals surface area contributed by atoms with Crippen LogP contribution < -0.4 is 4.72 Å². The predicted molar refractivity (Wildman–Crippen MR) is 66.6 cm³/mol. The summed E-state index contributed by atoms with van der Waals surface area (Å²) in [7, 11) is -1.91. The molecule has 0 radical (unpaired) electrons. The number of rotatable bonds is 4. The Morgan fingerprint density at radius 3 is 2.56 bits per heavy atom. The summed E-state index contributed by atoms with van der Waals surface area (Å²) in [5.41, 5.74) is -0.704. The number of aryl methyl sites for hydroxylation is 2. The van der Waals surface area contributed by atoms with Crippen LogP contribution in [0.2, 0.25) is 0 Å². The smallest absolute Gasteiger partial charge is 0.260 e. The van der Waals surface area contributed by atoms with E-state index in [0.29, 0.717) is 18.7 Å². The lowest BCUT2D eigenvalue weighted by atomic mass is 10.0. The highest BCUT2D eigenvalue weighted by atomic mass is 32.2. The summed E-state index contributed by atoms with van der Waals surface area (Å²) in [6, 6.07) is 0. The number of imidazole rings is 1. The van der Waals surface area contributed by atoms with Crippen molar-refractivity contribution in [3.05, 3.63) is 12.0 Å². The maximum absolute atomic E-state index is 12.2. The third-order valence-electron chi connectivity index (χ3n) is 3.58. The van der Waals surface area contributed by atoms with Crippen molar-refractivity contribution in [3.8, 4) is 0 Å². The van der Waals surface area contributed by atoms with Crippen LogP contribution in [-0.4, -0.2) is 35.2 Å². The average molecular weight is 273 g/mol. The van der Waals surface area contributed by atoms with E-state index >= 15 is 0 Å². The second kappa shape index (κ2) is 4.64. The van der Waals surface area contributed by atoms with E-state index < -0.39 is 15.6 Å². The molecule has 0 saturated heterocycles. The molecule has 1 heterocycles. The normalized spacial score (nSPS) is 19.3. The van der Waals surface area contributed by atoms with E-state index in [1.807, 2.05) is 0 Å². The molecule has 0 aliphatic heterocycles. The van der Waals surface area contributed by atoms with Crippen molar-refractivity contribution >= 4 is 10.0 Å². The predicted octanol–water partition coefficient (Wildman–Crippen LogP) is 0.312. The molecule has 1 fully saturated rings. The van der Waals surface area contributed by atoms with Crippen molar-refractivity contribution < 1.29 is 13.5 Å². The molecule has 0 aromatic carbocycles. The summed E-state index contributed by atoms with van der Waals surface area (Å²) in [5.74, 6) is 0.639. The number of nitrogens with zero attached hydrogens (tertiary/aromatic N) is 2. The molecule has 1 aromatic rings. The van der Waals surface area contributed by atoms with Crippen molar-refractivity contribution in [2.24, 2.45) is 7.05 Å². The highest BCUT2D eigenvalue weighted by Gasteiger charge is 2.38. The Balaban J connectivity index is 2.26. The first-order valence-corrected chi connectivity index (χ1v) is 7.52. The van der Waals surface area contributed by atoms with Crippen molar-refractivity contribution in [2.75, 3.05) is 6.61 Å². The van der Waals surface area contributed by atoms with Crippen molar-refractivity contribution in [1.82, 2.24) is 14.3 Å². The molecule has 1 saturated carbocycles. The minimum absolute atomic E-state index is 0.0159. The summed E-state index contributed by atoms with van der Waals surface area (Å²) in [6.07, 6.45) is 4.70. The first-order chi connectivity index (χ1) is 8.38.